The molecule has 19 heavy (non-hydrogen) atoms. The van der Waals surface area contributed by atoms with Crippen LogP contribution in [0.2, 0.25) is 0 Å². The molecule has 1 amide bonds. The summed E-state index contributed by atoms with van der Waals surface area (Å²) < 4.78 is 26.3. The van der Waals surface area contributed by atoms with Crippen LogP contribution in [0, 0.1) is 11.6 Å². The normalized spacial score (nSPS) is 23.1. The van der Waals surface area contributed by atoms with Crippen molar-refractivity contribution in [3.63, 3.8) is 0 Å². The van der Waals surface area contributed by atoms with Gasteiger partial charge < -0.3 is 10.6 Å². The summed E-state index contributed by atoms with van der Waals surface area (Å²) in [4.78, 5) is 11.5. The predicted molar refractivity (Wildman–Crippen MR) is 68.8 cm³/mol. The number of carbonyl (C=O) groups excluding carboxylic acids is 1. The number of benzene rings is 1. The number of carbonyl (C=O) groups is 1. The molecule has 1 aliphatic heterocycles. The monoisotopic (exact) mass is 268 g/mol. The molecular formula is C14H18F2N2O. The third-order valence-corrected chi connectivity index (χ3v) is 3.52. The van der Waals surface area contributed by atoms with Crippen LogP contribution in [0.25, 0.3) is 0 Å². The van der Waals surface area contributed by atoms with E-state index in [9.17, 15) is 13.6 Å². The van der Waals surface area contributed by atoms with E-state index in [1.54, 1.807) is 13.0 Å². The van der Waals surface area contributed by atoms with E-state index in [0.717, 1.165) is 24.6 Å². The molecule has 1 aliphatic rings. The molecule has 1 heterocycles. The fourth-order valence-corrected chi connectivity index (χ4v) is 2.46. The van der Waals surface area contributed by atoms with Crippen LogP contribution in [-0.2, 0) is 4.79 Å². The standard InChI is InChI=1S/C14H18F2N2O/c1-2-14(19)18-13-8-17-6-5-10(13)9-3-4-11(15)12(16)7-9/h3-4,7,10,13,17H,2,5-6,8H2,1H3,(H,18,19). The Morgan fingerprint density at radius 2 is 2.21 bits per heavy atom. The highest BCUT2D eigenvalue weighted by atomic mass is 19.2. The topological polar surface area (TPSA) is 41.1 Å². The Bertz CT molecular complexity index is 465. The number of hydrogen-bond acceptors (Lipinski definition) is 2. The van der Waals surface area contributed by atoms with E-state index < -0.39 is 11.6 Å². The molecule has 2 N–H and O–H groups in total. The minimum atomic E-state index is -0.841. The summed E-state index contributed by atoms with van der Waals surface area (Å²) in [5.41, 5.74) is 0.738. The molecule has 2 atom stereocenters. The zero-order valence-corrected chi connectivity index (χ0v) is 10.9. The molecule has 1 fully saturated rings. The van der Waals surface area contributed by atoms with Crippen LogP contribution in [0.15, 0.2) is 18.2 Å². The van der Waals surface area contributed by atoms with Crippen molar-refractivity contribution in [2.45, 2.75) is 31.7 Å². The number of rotatable bonds is 3. The Kier molecular flexibility index (Phi) is 4.47. The van der Waals surface area contributed by atoms with Crippen molar-refractivity contribution in [2.75, 3.05) is 13.1 Å². The fraction of sp³-hybridized carbons (Fsp3) is 0.500. The van der Waals surface area contributed by atoms with E-state index in [4.69, 9.17) is 0 Å². The van der Waals surface area contributed by atoms with Crippen molar-refractivity contribution in [1.29, 1.82) is 0 Å². The van der Waals surface area contributed by atoms with E-state index in [1.165, 1.54) is 6.07 Å². The lowest BCUT2D eigenvalue weighted by atomic mass is 9.86. The van der Waals surface area contributed by atoms with E-state index in [1.807, 2.05) is 0 Å². The first-order valence-electron chi connectivity index (χ1n) is 6.57. The number of amides is 1. The van der Waals surface area contributed by atoms with Crippen LogP contribution in [-0.4, -0.2) is 25.0 Å². The number of nitrogens with one attached hydrogen (secondary N) is 2. The lowest BCUT2D eigenvalue weighted by Gasteiger charge is -2.33. The molecule has 0 saturated carbocycles. The van der Waals surface area contributed by atoms with Crippen molar-refractivity contribution < 1.29 is 13.6 Å². The highest BCUT2D eigenvalue weighted by Gasteiger charge is 2.27. The van der Waals surface area contributed by atoms with Crippen molar-refractivity contribution in [3.05, 3.63) is 35.4 Å². The van der Waals surface area contributed by atoms with Gasteiger partial charge in [-0.2, -0.15) is 0 Å². The first-order chi connectivity index (χ1) is 9.11. The van der Waals surface area contributed by atoms with Gasteiger partial charge in [-0.1, -0.05) is 13.0 Å². The summed E-state index contributed by atoms with van der Waals surface area (Å²) >= 11 is 0. The van der Waals surface area contributed by atoms with Gasteiger partial charge in [0.15, 0.2) is 11.6 Å². The maximum absolute atomic E-state index is 13.3. The van der Waals surface area contributed by atoms with E-state index in [2.05, 4.69) is 10.6 Å². The maximum atomic E-state index is 13.3. The second-order valence-corrected chi connectivity index (χ2v) is 4.80. The zero-order chi connectivity index (χ0) is 13.8. The molecule has 2 unspecified atom stereocenters. The molecule has 5 heteroatoms. The van der Waals surface area contributed by atoms with Crippen molar-refractivity contribution in [2.24, 2.45) is 0 Å². The van der Waals surface area contributed by atoms with Gasteiger partial charge >= 0.3 is 0 Å². The minimum Gasteiger partial charge on any atom is -0.351 e. The summed E-state index contributed by atoms with van der Waals surface area (Å²) in [5.74, 6) is -1.68. The van der Waals surface area contributed by atoms with Crippen LogP contribution in [0.1, 0.15) is 31.2 Å². The van der Waals surface area contributed by atoms with Crippen LogP contribution >= 0.6 is 0 Å². The lowest BCUT2D eigenvalue weighted by molar-refractivity contribution is -0.121. The van der Waals surface area contributed by atoms with Crippen molar-refractivity contribution in [3.8, 4) is 0 Å². The average molecular weight is 268 g/mol. The van der Waals surface area contributed by atoms with Gasteiger partial charge in [-0.15, -0.1) is 0 Å². The summed E-state index contributed by atoms with van der Waals surface area (Å²) in [6.07, 6.45) is 1.21. The van der Waals surface area contributed by atoms with Crippen LogP contribution < -0.4 is 10.6 Å². The minimum absolute atomic E-state index is 0.0202. The fourth-order valence-electron chi connectivity index (χ4n) is 2.46. The van der Waals surface area contributed by atoms with Crippen molar-refractivity contribution in [1.82, 2.24) is 10.6 Å². The quantitative estimate of drug-likeness (QED) is 0.879. The second-order valence-electron chi connectivity index (χ2n) is 4.80. The van der Waals surface area contributed by atoms with Gasteiger partial charge in [0, 0.05) is 24.9 Å². The van der Waals surface area contributed by atoms with Crippen LogP contribution in [0.3, 0.4) is 0 Å². The molecule has 2 rings (SSSR count). The van der Waals surface area contributed by atoms with Gasteiger partial charge in [0.2, 0.25) is 5.91 Å². The summed E-state index contributed by atoms with van der Waals surface area (Å²) in [5, 5.41) is 6.14. The lowest BCUT2D eigenvalue weighted by Crippen LogP contribution is -2.49. The summed E-state index contributed by atoms with van der Waals surface area (Å²) in [6.45, 7) is 3.25. The Hall–Kier alpha value is -1.49. The Morgan fingerprint density at radius 1 is 1.42 bits per heavy atom. The molecule has 1 aromatic carbocycles. The van der Waals surface area contributed by atoms with Gasteiger partial charge in [0.1, 0.15) is 0 Å². The van der Waals surface area contributed by atoms with Crippen molar-refractivity contribution >= 4 is 5.91 Å². The molecule has 0 bridgehead atoms. The Morgan fingerprint density at radius 3 is 2.89 bits per heavy atom. The third kappa shape index (κ3) is 3.29. The third-order valence-electron chi connectivity index (χ3n) is 3.52. The number of piperidine rings is 1. The Labute approximate surface area is 111 Å². The number of hydrogen-bond donors (Lipinski definition) is 2. The van der Waals surface area contributed by atoms with E-state index in [0.29, 0.717) is 13.0 Å². The first kappa shape index (κ1) is 13.9. The summed E-state index contributed by atoms with van der Waals surface area (Å²) in [7, 11) is 0. The molecular weight excluding hydrogens is 250 g/mol. The molecule has 104 valence electrons. The molecule has 3 nitrogen and oxygen atoms in total. The highest BCUT2D eigenvalue weighted by Crippen LogP contribution is 2.27. The van der Waals surface area contributed by atoms with Gasteiger partial charge in [0.05, 0.1) is 0 Å². The number of halogens is 2. The van der Waals surface area contributed by atoms with Gasteiger partial charge in [-0.05, 0) is 30.7 Å². The molecule has 0 aromatic heterocycles. The van der Waals surface area contributed by atoms with Gasteiger partial charge in [-0.3, -0.25) is 4.79 Å². The molecule has 0 spiro atoms. The molecule has 1 aromatic rings. The summed E-state index contributed by atoms with van der Waals surface area (Å²) in [6, 6.07) is 3.90. The zero-order valence-electron chi connectivity index (χ0n) is 10.9. The maximum Gasteiger partial charge on any atom is 0.219 e. The highest BCUT2D eigenvalue weighted by molar-refractivity contribution is 5.76. The van der Waals surface area contributed by atoms with E-state index >= 15 is 0 Å². The van der Waals surface area contributed by atoms with E-state index in [-0.39, 0.29) is 17.9 Å². The van der Waals surface area contributed by atoms with Crippen LogP contribution in [0.4, 0.5) is 8.78 Å². The average Bonchev–Trinajstić information content (AvgIpc) is 2.42. The largest absolute Gasteiger partial charge is 0.351 e. The molecule has 1 saturated heterocycles. The SMILES string of the molecule is CCC(=O)NC1CNCCC1c1ccc(F)c(F)c1. The van der Waals surface area contributed by atoms with Gasteiger partial charge in [0.25, 0.3) is 0 Å². The van der Waals surface area contributed by atoms with Crippen LogP contribution in [0.5, 0.6) is 0 Å². The molecule has 0 radical (unpaired) electrons. The van der Waals surface area contributed by atoms with Gasteiger partial charge in [-0.25, -0.2) is 8.78 Å². The second kappa shape index (κ2) is 6.10. The molecule has 0 aliphatic carbocycles. The first-order valence-corrected chi connectivity index (χ1v) is 6.57. The smallest absolute Gasteiger partial charge is 0.219 e. The predicted octanol–water partition coefficient (Wildman–Crippen LogP) is 1.94. The Balaban J connectivity index is 2.18.